The smallest absolute Gasteiger partial charge is 0.339 e. The SMILES string of the molecule is CO[C@@H]1C2=CCC(=O)OC(C)(C)[C@@H]2CC[C@H]2[C@]3(C)C[C@@H](O)c4c(cc5cc(C)c(=O)oc5c4C)[C@@H]3C[C@]12O. The Morgan fingerprint density at radius 3 is 2.50 bits per heavy atom. The fourth-order valence-corrected chi connectivity index (χ4v) is 8.88. The first-order valence-electron chi connectivity index (χ1n) is 13.7. The van der Waals surface area contributed by atoms with Gasteiger partial charge in [0, 0.05) is 24.0 Å². The number of hydrogen-bond donors (Lipinski definition) is 2. The highest BCUT2D eigenvalue weighted by Crippen LogP contribution is 2.68. The van der Waals surface area contributed by atoms with Crippen LogP contribution in [0.2, 0.25) is 0 Å². The molecule has 0 unspecified atom stereocenters. The number of aryl methyl sites for hydroxylation is 2. The topological polar surface area (TPSA) is 106 Å². The second-order valence-electron chi connectivity index (χ2n) is 12.9. The van der Waals surface area contributed by atoms with Crippen molar-refractivity contribution in [3.63, 3.8) is 0 Å². The summed E-state index contributed by atoms with van der Waals surface area (Å²) >= 11 is 0. The molecule has 2 saturated carbocycles. The van der Waals surface area contributed by atoms with Crippen molar-refractivity contribution in [2.24, 2.45) is 17.3 Å². The molecule has 3 aliphatic carbocycles. The number of aliphatic hydroxyl groups is 2. The lowest BCUT2D eigenvalue weighted by molar-refractivity contribution is -0.158. The molecule has 0 radical (unpaired) electrons. The van der Waals surface area contributed by atoms with Crippen molar-refractivity contribution >= 4 is 16.9 Å². The lowest BCUT2D eigenvalue weighted by Crippen LogP contribution is -2.50. The summed E-state index contributed by atoms with van der Waals surface area (Å²) in [4.78, 5) is 24.7. The molecule has 0 bridgehead atoms. The molecular weight excluding hydrogens is 484 g/mol. The number of cyclic esters (lactones) is 1. The van der Waals surface area contributed by atoms with Gasteiger partial charge in [0.25, 0.3) is 0 Å². The van der Waals surface area contributed by atoms with E-state index in [4.69, 9.17) is 13.9 Å². The fourth-order valence-electron chi connectivity index (χ4n) is 8.88. The molecule has 2 aromatic rings. The summed E-state index contributed by atoms with van der Waals surface area (Å²) in [6.07, 6.45) is 3.22. The van der Waals surface area contributed by atoms with E-state index in [0.717, 1.165) is 40.5 Å². The van der Waals surface area contributed by atoms with Gasteiger partial charge < -0.3 is 24.1 Å². The quantitative estimate of drug-likeness (QED) is 0.316. The Labute approximate surface area is 222 Å². The largest absolute Gasteiger partial charge is 0.459 e. The van der Waals surface area contributed by atoms with Crippen LogP contribution in [0.25, 0.3) is 11.0 Å². The van der Waals surface area contributed by atoms with Crippen molar-refractivity contribution in [2.75, 3.05) is 7.11 Å². The second-order valence-corrected chi connectivity index (χ2v) is 12.9. The van der Waals surface area contributed by atoms with Crippen LogP contribution in [-0.2, 0) is 14.3 Å². The number of fused-ring (bicyclic) bond motifs is 7. The number of aliphatic hydroxyl groups excluding tert-OH is 1. The maximum Gasteiger partial charge on any atom is 0.339 e. The predicted octanol–water partition coefficient (Wildman–Crippen LogP) is 4.76. The van der Waals surface area contributed by atoms with Crippen molar-refractivity contribution in [1.82, 2.24) is 0 Å². The zero-order chi connectivity index (χ0) is 27.4. The Hall–Kier alpha value is -2.48. The van der Waals surface area contributed by atoms with Crippen molar-refractivity contribution in [3.05, 3.63) is 56.5 Å². The van der Waals surface area contributed by atoms with Gasteiger partial charge in [-0.25, -0.2) is 4.79 Å². The summed E-state index contributed by atoms with van der Waals surface area (Å²) < 4.78 is 17.6. The van der Waals surface area contributed by atoms with E-state index in [0.29, 0.717) is 24.0 Å². The van der Waals surface area contributed by atoms with Crippen LogP contribution < -0.4 is 5.63 Å². The van der Waals surface area contributed by atoms with Crippen LogP contribution in [0.15, 0.2) is 33.0 Å². The molecule has 0 spiro atoms. The molecule has 38 heavy (non-hydrogen) atoms. The van der Waals surface area contributed by atoms with E-state index in [1.165, 1.54) is 0 Å². The normalized spacial score (nSPS) is 37.7. The number of carbonyl (C=O) groups excluding carboxylic acids is 1. The molecule has 2 N–H and O–H groups in total. The first-order valence-corrected chi connectivity index (χ1v) is 13.7. The van der Waals surface area contributed by atoms with E-state index in [1.54, 1.807) is 14.0 Å². The van der Waals surface area contributed by atoms with Gasteiger partial charge in [0.05, 0.1) is 18.1 Å². The van der Waals surface area contributed by atoms with Crippen LogP contribution in [-0.4, -0.2) is 40.6 Å². The Balaban J connectivity index is 1.52. The van der Waals surface area contributed by atoms with Gasteiger partial charge in [-0.1, -0.05) is 13.0 Å². The van der Waals surface area contributed by atoms with E-state index < -0.39 is 23.4 Å². The predicted molar refractivity (Wildman–Crippen MR) is 142 cm³/mol. The minimum Gasteiger partial charge on any atom is -0.459 e. The van der Waals surface area contributed by atoms with Gasteiger partial charge in [0.2, 0.25) is 0 Å². The lowest BCUT2D eigenvalue weighted by Gasteiger charge is -2.46. The second kappa shape index (κ2) is 8.26. The number of carbonyl (C=O) groups is 1. The van der Waals surface area contributed by atoms with Gasteiger partial charge in [-0.2, -0.15) is 0 Å². The van der Waals surface area contributed by atoms with Crippen molar-refractivity contribution in [1.29, 1.82) is 0 Å². The van der Waals surface area contributed by atoms with Crippen LogP contribution in [0.4, 0.5) is 0 Å². The number of esters is 1. The first kappa shape index (κ1) is 25.8. The van der Waals surface area contributed by atoms with Crippen LogP contribution in [0.1, 0.15) is 87.2 Å². The zero-order valence-electron chi connectivity index (χ0n) is 23.1. The molecule has 2 heterocycles. The van der Waals surface area contributed by atoms with Crippen LogP contribution in [0.3, 0.4) is 0 Å². The van der Waals surface area contributed by atoms with Crippen LogP contribution in [0, 0.1) is 31.1 Å². The van der Waals surface area contributed by atoms with E-state index >= 15 is 0 Å². The summed E-state index contributed by atoms with van der Waals surface area (Å²) in [5.74, 6) is -0.466. The van der Waals surface area contributed by atoms with Gasteiger partial charge >= 0.3 is 11.6 Å². The molecule has 4 aliphatic rings. The minimum absolute atomic E-state index is 0.0160. The van der Waals surface area contributed by atoms with E-state index in [1.807, 2.05) is 32.9 Å². The standard InChI is InChI=1S/C31H38O7/c1-15-11-17-12-19-21-13-31(35)23(30(21,5)14-22(32)25(19)16(2)26(17)37-28(15)34)9-8-20-18(27(31)36-6)7-10-24(33)38-29(20,3)4/h7,11-12,20-23,27,32,35H,8-10,13-14H2,1-6H3/t20-,21+,22-,23+,27-,30-,31-/m1/s1. The average molecular weight is 523 g/mol. The van der Waals surface area contributed by atoms with Crippen LogP contribution >= 0.6 is 0 Å². The number of ether oxygens (including phenoxy) is 2. The van der Waals surface area contributed by atoms with Crippen molar-refractivity contribution in [2.45, 2.75) is 96.1 Å². The Kier molecular flexibility index (Phi) is 5.60. The molecule has 0 saturated heterocycles. The van der Waals surface area contributed by atoms with Gasteiger partial charge in [-0.3, -0.25) is 4.79 Å². The summed E-state index contributed by atoms with van der Waals surface area (Å²) in [5, 5.41) is 25.0. The average Bonchev–Trinajstić information content (AvgIpc) is 2.90. The van der Waals surface area contributed by atoms with Crippen LogP contribution in [0.5, 0.6) is 0 Å². The molecule has 7 nitrogen and oxygen atoms in total. The molecule has 1 aromatic heterocycles. The molecule has 7 heteroatoms. The summed E-state index contributed by atoms with van der Waals surface area (Å²) in [6.45, 7) is 9.75. The summed E-state index contributed by atoms with van der Waals surface area (Å²) in [5.41, 5.74) is 1.99. The van der Waals surface area contributed by atoms with Gasteiger partial charge in [0.1, 0.15) is 17.3 Å². The highest BCUT2D eigenvalue weighted by Gasteiger charge is 2.66. The molecule has 2 fully saturated rings. The first-order chi connectivity index (χ1) is 17.8. The Bertz CT molecular complexity index is 1430. The van der Waals surface area contributed by atoms with E-state index in [-0.39, 0.29) is 41.2 Å². The van der Waals surface area contributed by atoms with Gasteiger partial charge in [-0.05, 0) is 105 Å². The molecule has 204 valence electrons. The number of benzene rings is 1. The highest BCUT2D eigenvalue weighted by molar-refractivity contribution is 5.83. The third-order valence-electron chi connectivity index (χ3n) is 10.4. The fraction of sp³-hybridized carbons (Fsp3) is 0.613. The third-order valence-corrected chi connectivity index (χ3v) is 10.4. The molecule has 1 aliphatic heterocycles. The van der Waals surface area contributed by atoms with Crippen molar-refractivity contribution in [3.8, 4) is 0 Å². The maximum absolute atomic E-state index is 12.7. The van der Waals surface area contributed by atoms with Gasteiger partial charge in [-0.15, -0.1) is 0 Å². The maximum atomic E-state index is 12.7. The lowest BCUT2D eigenvalue weighted by atomic mass is 9.60. The van der Waals surface area contributed by atoms with Gasteiger partial charge in [0.15, 0.2) is 0 Å². The van der Waals surface area contributed by atoms with E-state index in [9.17, 15) is 19.8 Å². The summed E-state index contributed by atoms with van der Waals surface area (Å²) in [7, 11) is 1.64. The number of hydrogen-bond acceptors (Lipinski definition) is 7. The number of rotatable bonds is 1. The number of methoxy groups -OCH3 is 1. The Morgan fingerprint density at radius 2 is 1.79 bits per heavy atom. The van der Waals surface area contributed by atoms with E-state index in [2.05, 4.69) is 13.0 Å². The third kappa shape index (κ3) is 3.37. The highest BCUT2D eigenvalue weighted by atomic mass is 16.6. The molecule has 7 atom stereocenters. The molecule has 6 rings (SSSR count). The molecular formula is C31H38O7. The monoisotopic (exact) mass is 522 g/mol. The van der Waals surface area contributed by atoms with Crippen molar-refractivity contribution < 1.29 is 28.9 Å². The molecule has 0 amide bonds. The Morgan fingerprint density at radius 1 is 1.05 bits per heavy atom. The minimum atomic E-state index is -1.18. The molecule has 1 aromatic carbocycles. The zero-order valence-corrected chi connectivity index (χ0v) is 23.1. The summed E-state index contributed by atoms with van der Waals surface area (Å²) in [6, 6.07) is 3.91.